The Balaban J connectivity index is 3.20. The van der Waals surface area contributed by atoms with E-state index in [1.54, 1.807) is 30.3 Å². The molecule has 1 rings (SSSR count). The third-order valence-electron chi connectivity index (χ3n) is 3.16. The Morgan fingerprint density at radius 3 is 2.05 bits per heavy atom. The van der Waals surface area contributed by atoms with Crippen molar-refractivity contribution in [2.45, 2.75) is 49.7 Å². The Labute approximate surface area is 129 Å². The first-order valence-electron chi connectivity index (χ1n) is 7.17. The summed E-state index contributed by atoms with van der Waals surface area (Å²) >= 11 is 0. The number of benzene rings is 1. The molecular formula is C15H26O4SSi. The van der Waals surface area contributed by atoms with Crippen molar-refractivity contribution in [1.29, 1.82) is 0 Å². The van der Waals surface area contributed by atoms with Gasteiger partial charge in [0.15, 0.2) is 18.2 Å². The van der Waals surface area contributed by atoms with Gasteiger partial charge >= 0.3 is 0 Å². The lowest BCUT2D eigenvalue weighted by Gasteiger charge is -2.34. The lowest BCUT2D eigenvalue weighted by atomic mass is 10.0. The van der Waals surface area contributed by atoms with E-state index in [1.807, 2.05) is 33.5 Å². The second-order valence-electron chi connectivity index (χ2n) is 6.52. The van der Waals surface area contributed by atoms with Crippen LogP contribution in [0.5, 0.6) is 0 Å². The lowest BCUT2D eigenvalue weighted by molar-refractivity contribution is 0.112. The highest BCUT2D eigenvalue weighted by atomic mass is 32.2. The first kappa shape index (κ1) is 18.4. The van der Waals surface area contributed by atoms with Gasteiger partial charge in [0.2, 0.25) is 0 Å². The number of aliphatic hydroxyl groups excluding tert-OH is 1. The van der Waals surface area contributed by atoms with Crippen LogP contribution in [-0.2, 0) is 14.3 Å². The van der Waals surface area contributed by atoms with Crippen molar-refractivity contribution in [3.63, 3.8) is 0 Å². The molecule has 0 aliphatic rings. The van der Waals surface area contributed by atoms with Crippen molar-refractivity contribution in [3.8, 4) is 0 Å². The molecule has 1 unspecified atom stereocenters. The SMILES string of the molecule is CC(C)[C@H](O[Si](C)(C)C)C(CO)S(=O)(=O)c1ccccc1. The molecule has 1 aromatic rings. The Bertz CT molecular complexity index is 535. The van der Waals surface area contributed by atoms with Crippen molar-refractivity contribution in [3.05, 3.63) is 30.3 Å². The monoisotopic (exact) mass is 330 g/mol. The molecular weight excluding hydrogens is 304 g/mol. The molecule has 0 fully saturated rings. The fourth-order valence-corrected chi connectivity index (χ4v) is 5.37. The smallest absolute Gasteiger partial charge is 0.186 e. The van der Waals surface area contributed by atoms with Crippen molar-refractivity contribution in [1.82, 2.24) is 0 Å². The summed E-state index contributed by atoms with van der Waals surface area (Å²) in [6.07, 6.45) is -0.508. The van der Waals surface area contributed by atoms with Crippen LogP contribution in [0.4, 0.5) is 0 Å². The van der Waals surface area contributed by atoms with Crippen LogP contribution in [0.2, 0.25) is 19.6 Å². The van der Waals surface area contributed by atoms with Gasteiger partial charge in [-0.2, -0.15) is 0 Å². The average molecular weight is 331 g/mol. The molecule has 4 nitrogen and oxygen atoms in total. The molecule has 0 aliphatic carbocycles. The van der Waals surface area contributed by atoms with Gasteiger partial charge in [0.25, 0.3) is 0 Å². The Kier molecular flexibility index (Phi) is 6.16. The number of rotatable bonds is 7. The van der Waals surface area contributed by atoms with Gasteiger partial charge in [-0.05, 0) is 37.7 Å². The second kappa shape index (κ2) is 7.04. The van der Waals surface area contributed by atoms with Gasteiger partial charge in [-0.3, -0.25) is 0 Å². The Morgan fingerprint density at radius 2 is 1.67 bits per heavy atom. The fraction of sp³-hybridized carbons (Fsp3) is 0.600. The number of hydrogen-bond acceptors (Lipinski definition) is 4. The summed E-state index contributed by atoms with van der Waals surface area (Å²) in [5.74, 6) is 0.00682. The zero-order chi connectivity index (χ0) is 16.3. The minimum Gasteiger partial charge on any atom is -0.413 e. The third-order valence-corrected chi connectivity index (χ3v) is 6.29. The lowest BCUT2D eigenvalue weighted by Crippen LogP contribution is -2.47. The van der Waals surface area contributed by atoms with Crippen molar-refractivity contribution < 1.29 is 18.0 Å². The summed E-state index contributed by atoms with van der Waals surface area (Å²) in [6.45, 7) is 9.47. The Morgan fingerprint density at radius 1 is 1.14 bits per heavy atom. The average Bonchev–Trinajstić information content (AvgIpc) is 2.37. The van der Waals surface area contributed by atoms with Gasteiger partial charge < -0.3 is 9.53 Å². The van der Waals surface area contributed by atoms with E-state index >= 15 is 0 Å². The quantitative estimate of drug-likeness (QED) is 0.781. The molecule has 0 amide bonds. The van der Waals surface area contributed by atoms with Gasteiger partial charge in [-0.1, -0.05) is 32.0 Å². The largest absolute Gasteiger partial charge is 0.413 e. The molecule has 1 aromatic carbocycles. The standard InChI is InChI=1S/C15H26O4SSi/c1-12(2)15(19-21(3,4)5)14(11-16)20(17,18)13-9-7-6-8-10-13/h6-10,12,14-16H,11H2,1-5H3/t14?,15-/m0/s1. The van der Waals surface area contributed by atoms with Gasteiger partial charge in [0, 0.05) is 0 Å². The van der Waals surface area contributed by atoms with E-state index in [0.717, 1.165) is 0 Å². The van der Waals surface area contributed by atoms with Crippen molar-refractivity contribution in [2.24, 2.45) is 5.92 Å². The maximum Gasteiger partial charge on any atom is 0.186 e. The van der Waals surface area contributed by atoms with Crippen LogP contribution in [0.15, 0.2) is 35.2 Å². The van der Waals surface area contributed by atoms with E-state index in [2.05, 4.69) is 0 Å². The van der Waals surface area contributed by atoms with E-state index in [4.69, 9.17) is 4.43 Å². The molecule has 0 saturated carbocycles. The van der Waals surface area contributed by atoms with E-state index < -0.39 is 36.1 Å². The molecule has 21 heavy (non-hydrogen) atoms. The molecule has 0 radical (unpaired) electrons. The number of hydrogen-bond donors (Lipinski definition) is 1. The van der Waals surface area contributed by atoms with Crippen LogP contribution in [-0.4, -0.2) is 39.8 Å². The summed E-state index contributed by atoms with van der Waals surface area (Å²) in [5.41, 5.74) is 0. The normalized spacial score (nSPS) is 16.0. The van der Waals surface area contributed by atoms with Crippen molar-refractivity contribution >= 4 is 18.2 Å². The van der Waals surface area contributed by atoms with Gasteiger partial charge in [-0.15, -0.1) is 0 Å². The molecule has 0 spiro atoms. The highest BCUT2D eigenvalue weighted by Gasteiger charge is 2.38. The third kappa shape index (κ3) is 4.91. The van der Waals surface area contributed by atoms with Crippen LogP contribution < -0.4 is 0 Å². The predicted octanol–water partition coefficient (Wildman–Crippen LogP) is 2.70. The Hall–Kier alpha value is -0.693. The molecule has 0 aliphatic heterocycles. The maximum atomic E-state index is 12.8. The van der Waals surface area contributed by atoms with Crippen LogP contribution >= 0.6 is 0 Å². The van der Waals surface area contributed by atoms with Crippen LogP contribution in [0.1, 0.15) is 13.8 Å². The van der Waals surface area contributed by atoms with Crippen LogP contribution in [0.3, 0.4) is 0 Å². The van der Waals surface area contributed by atoms with Gasteiger partial charge in [-0.25, -0.2) is 8.42 Å². The molecule has 0 heterocycles. The van der Waals surface area contributed by atoms with Crippen LogP contribution in [0.25, 0.3) is 0 Å². The van der Waals surface area contributed by atoms with Gasteiger partial charge in [0.05, 0.1) is 17.6 Å². The molecule has 0 saturated heterocycles. The molecule has 0 bridgehead atoms. The zero-order valence-electron chi connectivity index (χ0n) is 13.4. The number of sulfone groups is 1. The summed E-state index contributed by atoms with van der Waals surface area (Å²) in [6, 6.07) is 8.26. The topological polar surface area (TPSA) is 63.6 Å². The summed E-state index contributed by atoms with van der Waals surface area (Å²) in [5, 5.41) is 8.76. The van der Waals surface area contributed by atoms with Crippen molar-refractivity contribution in [2.75, 3.05) is 6.61 Å². The molecule has 6 heteroatoms. The van der Waals surface area contributed by atoms with Gasteiger partial charge in [0.1, 0.15) is 5.25 Å². The first-order chi connectivity index (χ1) is 9.59. The zero-order valence-corrected chi connectivity index (χ0v) is 15.2. The van der Waals surface area contributed by atoms with E-state index in [9.17, 15) is 13.5 Å². The minimum absolute atomic E-state index is 0.00682. The van der Waals surface area contributed by atoms with E-state index in [1.165, 1.54) is 0 Å². The highest BCUT2D eigenvalue weighted by molar-refractivity contribution is 7.92. The van der Waals surface area contributed by atoms with E-state index in [-0.39, 0.29) is 10.8 Å². The molecule has 2 atom stereocenters. The summed E-state index contributed by atoms with van der Waals surface area (Å²) in [7, 11) is -5.54. The molecule has 1 N–H and O–H groups in total. The maximum absolute atomic E-state index is 12.8. The highest BCUT2D eigenvalue weighted by Crippen LogP contribution is 2.26. The second-order valence-corrected chi connectivity index (χ2v) is 13.1. The first-order valence-corrected chi connectivity index (χ1v) is 12.1. The summed E-state index contributed by atoms with van der Waals surface area (Å²) in [4.78, 5) is 0.230. The number of aliphatic hydroxyl groups is 1. The minimum atomic E-state index is -3.62. The predicted molar refractivity (Wildman–Crippen MR) is 87.6 cm³/mol. The van der Waals surface area contributed by atoms with E-state index in [0.29, 0.717) is 0 Å². The molecule has 0 aromatic heterocycles. The summed E-state index contributed by atoms with van der Waals surface area (Å²) < 4.78 is 31.6. The molecule has 120 valence electrons. The van der Waals surface area contributed by atoms with Crippen LogP contribution in [0, 0.1) is 5.92 Å². The fourth-order valence-electron chi connectivity index (χ4n) is 2.21.